The van der Waals surface area contributed by atoms with E-state index in [0.29, 0.717) is 19.6 Å². The monoisotopic (exact) mass is 374 g/mol. The van der Waals surface area contributed by atoms with Gasteiger partial charge in [-0.2, -0.15) is 4.31 Å². The van der Waals surface area contributed by atoms with Crippen molar-refractivity contribution in [3.63, 3.8) is 0 Å². The lowest BCUT2D eigenvalue weighted by Crippen LogP contribution is -2.34. The molecular weight excluding hydrogens is 352 g/mol. The third kappa shape index (κ3) is 3.44. The van der Waals surface area contributed by atoms with Crippen LogP contribution in [0.3, 0.4) is 0 Å². The van der Waals surface area contributed by atoms with Crippen LogP contribution in [-0.4, -0.2) is 52.0 Å². The maximum absolute atomic E-state index is 12.7. The van der Waals surface area contributed by atoms with Crippen molar-refractivity contribution in [3.8, 4) is 0 Å². The van der Waals surface area contributed by atoms with Gasteiger partial charge in [0.15, 0.2) is 0 Å². The molecule has 0 atom stereocenters. The standard InChI is InChI=1S/C16H22N2O4S.ClH/c1-22-15(19)16(7-8-16)13-3-5-14(6-4-13)23(20,21)18-11-2-9-17-10-12-18;/h3-6,17H,2,7-12H2,1H3;1H. The topological polar surface area (TPSA) is 75.7 Å². The number of methoxy groups -OCH3 is 1. The van der Waals surface area contributed by atoms with Gasteiger partial charge in [-0.15, -0.1) is 12.4 Å². The Morgan fingerprint density at radius 3 is 2.42 bits per heavy atom. The minimum atomic E-state index is -3.48. The number of sulfonamides is 1. The molecule has 0 unspecified atom stereocenters. The van der Waals surface area contributed by atoms with Gasteiger partial charge in [-0.05, 0) is 43.5 Å². The molecule has 1 heterocycles. The summed E-state index contributed by atoms with van der Waals surface area (Å²) < 4.78 is 31.8. The molecule has 3 rings (SSSR count). The Labute approximate surface area is 149 Å². The molecule has 0 spiro atoms. The van der Waals surface area contributed by atoms with Crippen molar-refractivity contribution in [2.24, 2.45) is 0 Å². The molecule has 1 aromatic carbocycles. The first-order valence-electron chi connectivity index (χ1n) is 7.90. The summed E-state index contributed by atoms with van der Waals surface area (Å²) in [5, 5.41) is 3.20. The lowest BCUT2D eigenvalue weighted by atomic mass is 9.96. The number of carbonyl (C=O) groups is 1. The Morgan fingerprint density at radius 1 is 1.17 bits per heavy atom. The SMILES string of the molecule is COC(=O)C1(c2ccc(S(=O)(=O)N3CCCNCC3)cc2)CC1.Cl. The zero-order valence-corrected chi connectivity index (χ0v) is 15.3. The molecule has 1 aromatic rings. The fraction of sp³-hybridized carbons (Fsp3) is 0.562. The second-order valence-electron chi connectivity index (χ2n) is 6.11. The summed E-state index contributed by atoms with van der Waals surface area (Å²) in [6, 6.07) is 6.69. The van der Waals surface area contributed by atoms with Gasteiger partial charge in [-0.25, -0.2) is 8.42 Å². The van der Waals surface area contributed by atoms with Gasteiger partial charge in [0, 0.05) is 19.6 Å². The second-order valence-corrected chi connectivity index (χ2v) is 8.04. The van der Waals surface area contributed by atoms with Gasteiger partial charge in [0.25, 0.3) is 0 Å². The minimum Gasteiger partial charge on any atom is -0.468 e. The third-order valence-corrected chi connectivity index (χ3v) is 6.58. The number of hydrogen-bond donors (Lipinski definition) is 1. The quantitative estimate of drug-likeness (QED) is 0.804. The van der Waals surface area contributed by atoms with E-state index in [0.717, 1.165) is 31.4 Å². The van der Waals surface area contributed by atoms with Gasteiger partial charge in [0.05, 0.1) is 17.4 Å². The van der Waals surface area contributed by atoms with Crippen LogP contribution in [0.1, 0.15) is 24.8 Å². The normalized spacial score (nSPS) is 20.5. The molecule has 1 saturated carbocycles. The maximum atomic E-state index is 12.7. The largest absolute Gasteiger partial charge is 0.468 e. The molecule has 2 fully saturated rings. The number of nitrogens with one attached hydrogen (secondary N) is 1. The molecule has 24 heavy (non-hydrogen) atoms. The molecule has 8 heteroatoms. The molecule has 0 bridgehead atoms. The van der Waals surface area contributed by atoms with E-state index in [1.165, 1.54) is 11.4 Å². The highest BCUT2D eigenvalue weighted by atomic mass is 35.5. The van der Waals surface area contributed by atoms with E-state index in [1.807, 2.05) is 0 Å². The number of hydrogen-bond acceptors (Lipinski definition) is 5. The Bertz CT molecular complexity index is 679. The van der Waals surface area contributed by atoms with E-state index in [4.69, 9.17) is 4.74 Å². The lowest BCUT2D eigenvalue weighted by molar-refractivity contribution is -0.143. The predicted molar refractivity (Wildman–Crippen MR) is 92.9 cm³/mol. The fourth-order valence-corrected chi connectivity index (χ4v) is 4.57. The van der Waals surface area contributed by atoms with Crippen molar-refractivity contribution in [2.75, 3.05) is 33.3 Å². The van der Waals surface area contributed by atoms with E-state index in [2.05, 4.69) is 5.32 Å². The number of esters is 1. The van der Waals surface area contributed by atoms with Crippen molar-refractivity contribution in [1.82, 2.24) is 9.62 Å². The van der Waals surface area contributed by atoms with Crippen molar-refractivity contribution < 1.29 is 17.9 Å². The van der Waals surface area contributed by atoms with E-state index in [-0.39, 0.29) is 23.3 Å². The van der Waals surface area contributed by atoms with E-state index >= 15 is 0 Å². The fourth-order valence-electron chi connectivity index (χ4n) is 3.09. The molecule has 1 aliphatic carbocycles. The summed E-state index contributed by atoms with van der Waals surface area (Å²) in [7, 11) is -2.09. The molecule has 1 N–H and O–H groups in total. The minimum absolute atomic E-state index is 0. The van der Waals surface area contributed by atoms with Crippen molar-refractivity contribution >= 4 is 28.4 Å². The van der Waals surface area contributed by atoms with Gasteiger partial charge < -0.3 is 10.1 Å². The zero-order chi connectivity index (χ0) is 16.5. The predicted octanol–water partition coefficient (Wildman–Crippen LogP) is 1.30. The smallest absolute Gasteiger partial charge is 0.316 e. The highest BCUT2D eigenvalue weighted by Crippen LogP contribution is 2.49. The average molecular weight is 375 g/mol. The molecule has 1 aliphatic heterocycles. The van der Waals surface area contributed by atoms with Crippen LogP contribution in [0.5, 0.6) is 0 Å². The highest BCUT2D eigenvalue weighted by molar-refractivity contribution is 7.89. The first-order valence-corrected chi connectivity index (χ1v) is 9.34. The molecule has 134 valence electrons. The molecule has 0 aromatic heterocycles. The van der Waals surface area contributed by atoms with Gasteiger partial charge in [-0.1, -0.05) is 12.1 Å². The van der Waals surface area contributed by atoms with Crippen LogP contribution in [0.4, 0.5) is 0 Å². The van der Waals surface area contributed by atoms with Gasteiger partial charge in [0.2, 0.25) is 10.0 Å². The van der Waals surface area contributed by atoms with Crippen LogP contribution >= 0.6 is 12.4 Å². The first kappa shape index (κ1) is 19.2. The summed E-state index contributed by atoms with van der Waals surface area (Å²) in [6.07, 6.45) is 2.32. The molecule has 1 saturated heterocycles. The zero-order valence-electron chi connectivity index (χ0n) is 13.7. The molecule has 6 nitrogen and oxygen atoms in total. The van der Waals surface area contributed by atoms with Crippen LogP contribution in [0.25, 0.3) is 0 Å². The van der Waals surface area contributed by atoms with Gasteiger partial charge in [0.1, 0.15) is 0 Å². The Morgan fingerprint density at radius 2 is 1.83 bits per heavy atom. The Hall–Kier alpha value is -1.15. The number of carbonyl (C=O) groups excluding carboxylic acids is 1. The molecule has 2 aliphatic rings. The van der Waals surface area contributed by atoms with E-state index in [9.17, 15) is 13.2 Å². The number of benzene rings is 1. The number of ether oxygens (including phenoxy) is 1. The summed E-state index contributed by atoms with van der Waals surface area (Å²) in [5.74, 6) is -0.244. The number of nitrogens with zero attached hydrogens (tertiary/aromatic N) is 1. The Balaban J connectivity index is 0.00000208. The second kappa shape index (κ2) is 7.39. The van der Waals surface area contributed by atoms with Crippen LogP contribution in [0.15, 0.2) is 29.2 Å². The molecule has 0 radical (unpaired) electrons. The van der Waals surface area contributed by atoms with E-state index < -0.39 is 15.4 Å². The lowest BCUT2D eigenvalue weighted by Gasteiger charge is -2.20. The van der Waals surface area contributed by atoms with Crippen LogP contribution < -0.4 is 5.32 Å². The Kier molecular flexibility index (Phi) is 5.91. The summed E-state index contributed by atoms with van der Waals surface area (Å²) in [4.78, 5) is 12.2. The van der Waals surface area contributed by atoms with Crippen LogP contribution in [-0.2, 0) is 25.0 Å². The van der Waals surface area contributed by atoms with Crippen molar-refractivity contribution in [2.45, 2.75) is 29.6 Å². The van der Waals surface area contributed by atoms with E-state index in [1.54, 1.807) is 24.3 Å². The number of rotatable bonds is 4. The third-order valence-electron chi connectivity index (χ3n) is 4.67. The summed E-state index contributed by atoms with van der Waals surface area (Å²) in [6.45, 7) is 2.52. The van der Waals surface area contributed by atoms with Crippen LogP contribution in [0, 0.1) is 0 Å². The average Bonchev–Trinajstić information content (AvgIpc) is 3.38. The number of halogens is 1. The summed E-state index contributed by atoms with van der Waals surface area (Å²) >= 11 is 0. The maximum Gasteiger partial charge on any atom is 0.316 e. The van der Waals surface area contributed by atoms with Gasteiger partial charge in [-0.3, -0.25) is 4.79 Å². The molecular formula is C16H23ClN2O4S. The van der Waals surface area contributed by atoms with Gasteiger partial charge >= 0.3 is 5.97 Å². The first-order chi connectivity index (χ1) is 11.0. The van der Waals surface area contributed by atoms with Crippen molar-refractivity contribution in [1.29, 1.82) is 0 Å². The molecule has 0 amide bonds. The highest BCUT2D eigenvalue weighted by Gasteiger charge is 2.52. The van der Waals surface area contributed by atoms with Crippen LogP contribution in [0.2, 0.25) is 0 Å². The van der Waals surface area contributed by atoms with Crippen molar-refractivity contribution in [3.05, 3.63) is 29.8 Å². The summed E-state index contributed by atoms with van der Waals surface area (Å²) in [5.41, 5.74) is 0.268.